The van der Waals surface area contributed by atoms with Gasteiger partial charge in [0.1, 0.15) is 12.2 Å². The largest absolute Gasteiger partial charge is 0.458 e. The summed E-state index contributed by atoms with van der Waals surface area (Å²) < 4.78 is 16.6. The molecule has 2 aliphatic rings. The summed E-state index contributed by atoms with van der Waals surface area (Å²) in [5.74, 6) is -0.700. The minimum absolute atomic E-state index is 0.168. The van der Waals surface area contributed by atoms with Gasteiger partial charge < -0.3 is 14.2 Å². The van der Waals surface area contributed by atoms with Crippen molar-refractivity contribution in [1.82, 2.24) is 0 Å². The quantitative estimate of drug-likeness (QED) is 0.770. The van der Waals surface area contributed by atoms with Crippen LogP contribution in [0.4, 0.5) is 0 Å². The highest BCUT2D eigenvalue weighted by Gasteiger charge is 2.47. The van der Waals surface area contributed by atoms with Gasteiger partial charge in [0.25, 0.3) is 0 Å². The van der Waals surface area contributed by atoms with Gasteiger partial charge in [0, 0.05) is 13.3 Å². The number of carbonyl (C=O) groups excluding carboxylic acids is 2. The van der Waals surface area contributed by atoms with Crippen LogP contribution in [0.3, 0.4) is 0 Å². The summed E-state index contributed by atoms with van der Waals surface area (Å²) in [5, 5.41) is 0. The summed E-state index contributed by atoms with van der Waals surface area (Å²) in [6, 6.07) is 9.56. The molecule has 0 aromatic heterocycles. The molecule has 0 saturated carbocycles. The highest BCUT2D eigenvalue weighted by Crippen LogP contribution is 2.39. The van der Waals surface area contributed by atoms with E-state index in [-0.39, 0.29) is 18.5 Å². The first kappa shape index (κ1) is 13.1. The highest BCUT2D eigenvalue weighted by molar-refractivity contribution is 5.71. The molecular formula is C15H16O5. The van der Waals surface area contributed by atoms with Crippen LogP contribution in [0.2, 0.25) is 0 Å². The van der Waals surface area contributed by atoms with Crippen LogP contribution < -0.4 is 0 Å². The van der Waals surface area contributed by atoms with E-state index in [9.17, 15) is 9.59 Å². The van der Waals surface area contributed by atoms with E-state index in [1.54, 1.807) is 0 Å². The maximum atomic E-state index is 11.5. The molecule has 5 heteroatoms. The molecule has 0 radical (unpaired) electrons. The van der Waals surface area contributed by atoms with Crippen LogP contribution in [0.25, 0.3) is 0 Å². The lowest BCUT2D eigenvalue weighted by atomic mass is 9.90. The Labute approximate surface area is 116 Å². The molecule has 0 unspecified atom stereocenters. The molecule has 5 nitrogen and oxygen atoms in total. The van der Waals surface area contributed by atoms with Gasteiger partial charge in [-0.15, -0.1) is 0 Å². The Hall–Kier alpha value is -1.88. The zero-order chi connectivity index (χ0) is 14.1. The lowest BCUT2D eigenvalue weighted by Gasteiger charge is -2.43. The third kappa shape index (κ3) is 2.54. The molecule has 0 spiro atoms. The van der Waals surface area contributed by atoms with Crippen molar-refractivity contribution in [2.45, 2.75) is 44.2 Å². The number of fused-ring (bicyclic) bond motifs is 2. The fourth-order valence-corrected chi connectivity index (χ4v) is 2.82. The maximum absolute atomic E-state index is 11.5. The van der Waals surface area contributed by atoms with Crippen LogP contribution in [0.15, 0.2) is 30.3 Å². The van der Waals surface area contributed by atoms with Crippen LogP contribution in [0.1, 0.15) is 31.4 Å². The van der Waals surface area contributed by atoms with E-state index in [1.807, 2.05) is 30.3 Å². The van der Waals surface area contributed by atoms with Crippen LogP contribution in [-0.4, -0.2) is 30.3 Å². The minimum Gasteiger partial charge on any atom is -0.458 e. The maximum Gasteiger partial charge on any atom is 0.308 e. The smallest absolute Gasteiger partial charge is 0.308 e. The highest BCUT2D eigenvalue weighted by atomic mass is 16.6. The SMILES string of the molecule is CC(=O)O[C@@H]1[C@@H]2C[C@@H](CC(=O)O2)O[C@H]1c1ccccc1. The Morgan fingerprint density at radius 1 is 1.30 bits per heavy atom. The van der Waals surface area contributed by atoms with Gasteiger partial charge >= 0.3 is 11.9 Å². The molecule has 106 valence electrons. The van der Waals surface area contributed by atoms with Crippen molar-refractivity contribution in [3.05, 3.63) is 35.9 Å². The molecule has 0 aliphatic carbocycles. The summed E-state index contributed by atoms with van der Waals surface area (Å²) in [6.45, 7) is 1.35. The summed E-state index contributed by atoms with van der Waals surface area (Å²) >= 11 is 0. The van der Waals surface area contributed by atoms with Gasteiger partial charge in [-0.05, 0) is 5.56 Å². The average molecular weight is 276 g/mol. The molecule has 3 rings (SSSR count). The predicted molar refractivity (Wildman–Crippen MR) is 68.7 cm³/mol. The van der Waals surface area contributed by atoms with Gasteiger partial charge in [-0.2, -0.15) is 0 Å². The minimum atomic E-state index is -0.588. The van der Waals surface area contributed by atoms with E-state index in [0.29, 0.717) is 6.42 Å². The van der Waals surface area contributed by atoms with Gasteiger partial charge in [0.05, 0.1) is 12.5 Å². The standard InChI is InChI=1S/C15H16O5/c1-9(16)18-15-12-7-11(8-13(17)20-12)19-14(15)10-5-3-2-4-6-10/h2-6,11-12,14-15H,7-8H2,1H3/t11-,12-,14-,15+/m0/s1. The van der Waals surface area contributed by atoms with Crippen LogP contribution in [0, 0.1) is 0 Å². The van der Waals surface area contributed by atoms with Crippen molar-refractivity contribution < 1.29 is 23.8 Å². The Morgan fingerprint density at radius 2 is 2.05 bits per heavy atom. The number of benzene rings is 1. The molecule has 20 heavy (non-hydrogen) atoms. The normalized spacial score (nSPS) is 32.4. The Morgan fingerprint density at radius 3 is 2.75 bits per heavy atom. The number of hydrogen-bond donors (Lipinski definition) is 0. The van der Waals surface area contributed by atoms with Crippen LogP contribution in [0.5, 0.6) is 0 Å². The van der Waals surface area contributed by atoms with Crippen molar-refractivity contribution in [2.75, 3.05) is 0 Å². The number of rotatable bonds is 2. The fraction of sp³-hybridized carbons (Fsp3) is 0.467. The van der Waals surface area contributed by atoms with E-state index in [1.165, 1.54) is 6.92 Å². The molecule has 2 saturated heterocycles. The molecule has 0 N–H and O–H groups in total. The number of esters is 2. The molecule has 1 aromatic rings. The second kappa shape index (κ2) is 5.25. The topological polar surface area (TPSA) is 61.8 Å². The molecule has 1 aromatic carbocycles. The Bertz CT molecular complexity index is 512. The van der Waals surface area contributed by atoms with Gasteiger partial charge in [0.2, 0.25) is 0 Å². The Kier molecular flexibility index (Phi) is 3.44. The van der Waals surface area contributed by atoms with E-state index < -0.39 is 24.3 Å². The number of carbonyl (C=O) groups is 2. The third-order valence-electron chi connectivity index (χ3n) is 3.61. The van der Waals surface area contributed by atoms with Crippen molar-refractivity contribution in [3.63, 3.8) is 0 Å². The third-order valence-corrected chi connectivity index (χ3v) is 3.61. The molecule has 2 heterocycles. The molecule has 2 aliphatic heterocycles. The summed E-state index contributed by atoms with van der Waals surface area (Å²) in [5.41, 5.74) is 0.923. The summed E-state index contributed by atoms with van der Waals surface area (Å²) in [7, 11) is 0. The summed E-state index contributed by atoms with van der Waals surface area (Å²) in [4.78, 5) is 22.8. The first-order valence-corrected chi connectivity index (χ1v) is 6.70. The monoisotopic (exact) mass is 276 g/mol. The van der Waals surface area contributed by atoms with Crippen molar-refractivity contribution in [2.24, 2.45) is 0 Å². The second-order valence-corrected chi connectivity index (χ2v) is 5.13. The van der Waals surface area contributed by atoms with E-state index in [4.69, 9.17) is 14.2 Å². The number of ether oxygens (including phenoxy) is 3. The van der Waals surface area contributed by atoms with Gasteiger partial charge in [0.15, 0.2) is 6.10 Å². The fourth-order valence-electron chi connectivity index (χ4n) is 2.82. The molecule has 2 bridgehead atoms. The van der Waals surface area contributed by atoms with Crippen molar-refractivity contribution >= 4 is 11.9 Å². The van der Waals surface area contributed by atoms with E-state index in [2.05, 4.69) is 0 Å². The van der Waals surface area contributed by atoms with Crippen LogP contribution >= 0.6 is 0 Å². The first-order chi connectivity index (χ1) is 9.63. The Balaban J connectivity index is 1.90. The lowest BCUT2D eigenvalue weighted by molar-refractivity contribution is -0.227. The van der Waals surface area contributed by atoms with E-state index in [0.717, 1.165) is 5.56 Å². The van der Waals surface area contributed by atoms with E-state index >= 15 is 0 Å². The zero-order valence-corrected chi connectivity index (χ0v) is 11.2. The molecule has 4 atom stereocenters. The van der Waals surface area contributed by atoms with Crippen molar-refractivity contribution in [3.8, 4) is 0 Å². The molecular weight excluding hydrogens is 260 g/mol. The first-order valence-electron chi connectivity index (χ1n) is 6.70. The molecule has 0 amide bonds. The van der Waals surface area contributed by atoms with Gasteiger partial charge in [-0.1, -0.05) is 30.3 Å². The summed E-state index contributed by atoms with van der Waals surface area (Å²) in [6.07, 6.45) is -0.741. The van der Waals surface area contributed by atoms with Gasteiger partial charge in [-0.25, -0.2) is 0 Å². The average Bonchev–Trinajstić information content (AvgIpc) is 2.42. The lowest BCUT2D eigenvalue weighted by Crippen LogP contribution is -2.51. The van der Waals surface area contributed by atoms with Gasteiger partial charge in [-0.3, -0.25) is 9.59 Å². The zero-order valence-electron chi connectivity index (χ0n) is 11.2. The number of hydrogen-bond acceptors (Lipinski definition) is 5. The van der Waals surface area contributed by atoms with Crippen molar-refractivity contribution in [1.29, 1.82) is 0 Å². The predicted octanol–water partition coefficient (Wildman–Crippen LogP) is 1.76. The second-order valence-electron chi connectivity index (χ2n) is 5.13. The van der Waals surface area contributed by atoms with Crippen LogP contribution in [-0.2, 0) is 23.8 Å². The molecule has 2 fully saturated rings.